The van der Waals surface area contributed by atoms with Crippen LogP contribution in [0.2, 0.25) is 0 Å². The highest BCUT2D eigenvalue weighted by atomic mass is 32.2. The lowest BCUT2D eigenvalue weighted by atomic mass is 10.2. The Balaban J connectivity index is 1.95. The number of benzene rings is 2. The Morgan fingerprint density at radius 3 is 2.00 bits per heavy atom. The number of hydrogen-bond donors (Lipinski definition) is 2. The summed E-state index contributed by atoms with van der Waals surface area (Å²) in [5.74, 6) is -2.17. The minimum absolute atomic E-state index is 0.0804. The number of nitrogens with one attached hydrogen (secondary N) is 2. The molecule has 0 atom stereocenters. The van der Waals surface area contributed by atoms with Crippen LogP contribution in [0.25, 0.3) is 0 Å². The van der Waals surface area contributed by atoms with Crippen LogP contribution in [0, 0.1) is 5.82 Å². The van der Waals surface area contributed by atoms with Gasteiger partial charge in [0.2, 0.25) is 10.0 Å². The third-order valence-corrected chi connectivity index (χ3v) is 5.57. The minimum Gasteiger partial charge on any atom is -0.295 e. The molecule has 0 aromatic heterocycles. The summed E-state index contributed by atoms with van der Waals surface area (Å²) >= 11 is 0. The first-order valence-electron chi connectivity index (χ1n) is 8.03. The van der Waals surface area contributed by atoms with E-state index in [4.69, 9.17) is 0 Å². The van der Waals surface area contributed by atoms with Gasteiger partial charge >= 0.3 is 0 Å². The first-order valence-corrected chi connectivity index (χ1v) is 9.47. The number of carbonyl (C=O) groups is 3. The van der Waals surface area contributed by atoms with Crippen molar-refractivity contribution in [3.05, 3.63) is 65.5 Å². The number of ketones is 1. The number of nitrogens with zero attached hydrogens (tertiary/aromatic N) is 1. The second kappa shape index (κ2) is 8.72. The zero-order chi connectivity index (χ0) is 20.9. The first kappa shape index (κ1) is 21.2. The van der Waals surface area contributed by atoms with Crippen LogP contribution < -0.4 is 10.9 Å². The summed E-state index contributed by atoms with van der Waals surface area (Å²) in [6.07, 6.45) is 0. The van der Waals surface area contributed by atoms with Crippen LogP contribution in [-0.2, 0) is 14.8 Å². The van der Waals surface area contributed by atoms with E-state index in [9.17, 15) is 27.2 Å². The number of hydrazine groups is 1. The van der Waals surface area contributed by atoms with Gasteiger partial charge in [-0.3, -0.25) is 25.2 Å². The molecule has 0 radical (unpaired) electrons. The average Bonchev–Trinajstić information content (AvgIpc) is 2.66. The van der Waals surface area contributed by atoms with Gasteiger partial charge in [0.1, 0.15) is 5.82 Å². The Labute approximate surface area is 161 Å². The fourth-order valence-corrected chi connectivity index (χ4v) is 3.30. The molecule has 8 nitrogen and oxygen atoms in total. The van der Waals surface area contributed by atoms with Gasteiger partial charge in [0.15, 0.2) is 5.78 Å². The number of carbonyl (C=O) groups excluding carboxylic acids is 3. The van der Waals surface area contributed by atoms with Gasteiger partial charge in [-0.15, -0.1) is 0 Å². The van der Waals surface area contributed by atoms with Gasteiger partial charge in [0, 0.05) is 18.2 Å². The van der Waals surface area contributed by atoms with E-state index in [1.54, 1.807) is 0 Å². The van der Waals surface area contributed by atoms with Crippen molar-refractivity contribution in [2.45, 2.75) is 11.8 Å². The second-order valence-electron chi connectivity index (χ2n) is 5.85. The Morgan fingerprint density at radius 2 is 1.46 bits per heavy atom. The Bertz CT molecular complexity index is 989. The summed E-state index contributed by atoms with van der Waals surface area (Å²) < 4.78 is 38.6. The van der Waals surface area contributed by atoms with Crippen LogP contribution in [0.15, 0.2) is 53.4 Å². The van der Waals surface area contributed by atoms with Crippen molar-refractivity contribution in [2.24, 2.45) is 0 Å². The zero-order valence-corrected chi connectivity index (χ0v) is 15.9. The van der Waals surface area contributed by atoms with Crippen LogP contribution in [0.3, 0.4) is 0 Å². The topological polar surface area (TPSA) is 113 Å². The third kappa shape index (κ3) is 5.21. The molecular formula is C18H18FN3O5S. The molecule has 0 aliphatic rings. The quantitative estimate of drug-likeness (QED) is 0.550. The zero-order valence-electron chi connectivity index (χ0n) is 15.1. The van der Waals surface area contributed by atoms with Gasteiger partial charge in [-0.05, 0) is 43.3 Å². The lowest BCUT2D eigenvalue weighted by molar-refractivity contribution is -0.121. The number of hydrogen-bond acceptors (Lipinski definition) is 5. The van der Waals surface area contributed by atoms with Crippen LogP contribution in [-0.4, -0.2) is 43.9 Å². The molecule has 0 aliphatic carbocycles. The van der Waals surface area contributed by atoms with E-state index in [0.29, 0.717) is 5.56 Å². The minimum atomic E-state index is -3.97. The molecule has 0 spiro atoms. The van der Waals surface area contributed by atoms with Crippen LogP contribution in [0.5, 0.6) is 0 Å². The molecular weight excluding hydrogens is 389 g/mol. The monoisotopic (exact) mass is 407 g/mol. The molecule has 148 valence electrons. The van der Waals surface area contributed by atoms with Crippen molar-refractivity contribution in [1.29, 1.82) is 0 Å². The maximum absolute atomic E-state index is 12.8. The van der Waals surface area contributed by atoms with Crippen molar-refractivity contribution in [3.8, 4) is 0 Å². The van der Waals surface area contributed by atoms with Gasteiger partial charge in [0.25, 0.3) is 11.8 Å². The highest BCUT2D eigenvalue weighted by Gasteiger charge is 2.23. The molecule has 0 heterocycles. The molecule has 0 fully saturated rings. The summed E-state index contributed by atoms with van der Waals surface area (Å²) in [7, 11) is -2.76. The lowest BCUT2D eigenvalue weighted by Crippen LogP contribution is -2.46. The van der Waals surface area contributed by atoms with Crippen LogP contribution in [0.1, 0.15) is 27.6 Å². The van der Waals surface area contributed by atoms with Gasteiger partial charge in [0.05, 0.1) is 11.4 Å². The summed E-state index contributed by atoms with van der Waals surface area (Å²) in [6.45, 7) is 0.806. The molecule has 0 saturated heterocycles. The van der Waals surface area contributed by atoms with Crippen molar-refractivity contribution >= 4 is 27.6 Å². The molecule has 28 heavy (non-hydrogen) atoms. The van der Waals surface area contributed by atoms with Crippen molar-refractivity contribution in [3.63, 3.8) is 0 Å². The van der Waals surface area contributed by atoms with Crippen LogP contribution >= 0.6 is 0 Å². The molecule has 0 saturated carbocycles. The molecule has 2 N–H and O–H groups in total. The Kier molecular flexibility index (Phi) is 6.60. The number of halogens is 1. The molecule has 2 aromatic rings. The molecule has 10 heteroatoms. The average molecular weight is 407 g/mol. The number of likely N-dealkylation sites (N-methyl/N-ethyl adjacent to an activating group) is 1. The summed E-state index contributed by atoms with van der Waals surface area (Å²) in [5, 5.41) is 0. The first-order chi connectivity index (χ1) is 13.1. The maximum atomic E-state index is 12.8. The highest BCUT2D eigenvalue weighted by Crippen LogP contribution is 2.15. The predicted molar refractivity (Wildman–Crippen MR) is 98.3 cm³/mol. The summed E-state index contributed by atoms with van der Waals surface area (Å²) in [6, 6.07) is 9.96. The van der Waals surface area contributed by atoms with E-state index in [2.05, 4.69) is 10.9 Å². The summed E-state index contributed by atoms with van der Waals surface area (Å²) in [4.78, 5) is 35.0. The SMILES string of the molecule is CC(=O)c1ccc(S(=O)(=O)N(C)CC(=O)NNC(=O)c2ccc(F)cc2)cc1. The highest BCUT2D eigenvalue weighted by molar-refractivity contribution is 7.89. The fourth-order valence-electron chi connectivity index (χ4n) is 2.17. The normalized spacial score (nSPS) is 11.1. The Hall–Kier alpha value is -3.11. The molecule has 2 aromatic carbocycles. The largest absolute Gasteiger partial charge is 0.295 e. The number of sulfonamides is 1. The third-order valence-electron chi connectivity index (χ3n) is 3.76. The summed E-state index contributed by atoms with van der Waals surface area (Å²) in [5.41, 5.74) is 4.69. The number of Topliss-reactive ketones (excluding diaryl/α,β-unsaturated/α-hetero) is 1. The molecule has 0 bridgehead atoms. The van der Waals surface area contributed by atoms with Gasteiger partial charge in [-0.2, -0.15) is 4.31 Å². The molecule has 0 aliphatic heterocycles. The second-order valence-corrected chi connectivity index (χ2v) is 7.90. The molecule has 2 amide bonds. The standard InChI is InChI=1S/C18H18FN3O5S/c1-12(23)13-5-9-16(10-6-13)28(26,27)22(2)11-17(24)20-21-18(25)14-3-7-15(19)8-4-14/h3-10H,11H2,1-2H3,(H,20,24)(H,21,25). The predicted octanol–water partition coefficient (Wildman–Crippen LogP) is 1.11. The van der Waals surface area contributed by atoms with Gasteiger partial charge in [-0.1, -0.05) is 12.1 Å². The van der Waals surface area contributed by atoms with Gasteiger partial charge in [-0.25, -0.2) is 12.8 Å². The smallest absolute Gasteiger partial charge is 0.269 e. The van der Waals surface area contributed by atoms with E-state index >= 15 is 0 Å². The number of rotatable bonds is 6. The van der Waals surface area contributed by atoms with Gasteiger partial charge < -0.3 is 0 Å². The number of amides is 2. The van der Waals surface area contributed by atoms with E-state index < -0.39 is 34.2 Å². The van der Waals surface area contributed by atoms with Crippen molar-refractivity contribution < 1.29 is 27.2 Å². The molecule has 0 unspecified atom stereocenters. The molecule has 2 rings (SSSR count). The van der Waals surface area contributed by atoms with Crippen LogP contribution in [0.4, 0.5) is 4.39 Å². The maximum Gasteiger partial charge on any atom is 0.269 e. The van der Waals surface area contributed by atoms with E-state index in [0.717, 1.165) is 16.4 Å². The van der Waals surface area contributed by atoms with E-state index in [1.807, 2.05) is 0 Å². The fraction of sp³-hybridized carbons (Fsp3) is 0.167. The van der Waals surface area contributed by atoms with Crippen molar-refractivity contribution in [1.82, 2.24) is 15.2 Å². The van der Waals surface area contributed by atoms with E-state index in [-0.39, 0.29) is 16.2 Å². The Morgan fingerprint density at radius 1 is 0.929 bits per heavy atom. The lowest BCUT2D eigenvalue weighted by Gasteiger charge is -2.17. The van der Waals surface area contributed by atoms with E-state index in [1.165, 1.54) is 50.4 Å². The van der Waals surface area contributed by atoms with Crippen molar-refractivity contribution in [2.75, 3.05) is 13.6 Å².